The van der Waals surface area contributed by atoms with Gasteiger partial charge in [0.15, 0.2) is 5.96 Å². The van der Waals surface area contributed by atoms with Crippen LogP contribution in [0.4, 0.5) is 9.18 Å². The fourth-order valence-electron chi connectivity index (χ4n) is 4.27. The van der Waals surface area contributed by atoms with E-state index in [4.69, 9.17) is 4.74 Å². The van der Waals surface area contributed by atoms with Crippen LogP contribution in [0.25, 0.3) is 0 Å². The van der Waals surface area contributed by atoms with Crippen LogP contribution < -0.4 is 10.6 Å². The van der Waals surface area contributed by atoms with Crippen molar-refractivity contribution in [2.75, 3.05) is 46.4 Å². The lowest BCUT2D eigenvalue weighted by atomic mass is 9.96. The molecule has 3 rings (SSSR count). The standard InChI is InChI=1S/C23H36FN5O2.HI/c1-3-31-23(30)29-14-10-20(11-15-29)27-22(25-2)26-16-18-8-12-28(13-9-18)17-19-6-4-5-7-21(19)24;/h4-7,18,20H,3,8-17H2,1-2H3,(H2,25,26,27);1H. The zero-order chi connectivity index (χ0) is 22.1. The predicted molar refractivity (Wildman–Crippen MR) is 136 cm³/mol. The lowest BCUT2D eigenvalue weighted by Gasteiger charge is -2.34. The quantitative estimate of drug-likeness (QED) is 0.317. The molecule has 0 aliphatic carbocycles. The number of carbonyl (C=O) groups excluding carboxylic acids is 1. The molecule has 1 amide bonds. The first-order valence-electron chi connectivity index (χ1n) is 11.4. The zero-order valence-electron chi connectivity index (χ0n) is 19.2. The summed E-state index contributed by atoms with van der Waals surface area (Å²) in [6.07, 6.45) is 3.74. The molecule has 1 aromatic rings. The van der Waals surface area contributed by atoms with Crippen molar-refractivity contribution in [3.05, 3.63) is 35.6 Å². The molecule has 180 valence electrons. The van der Waals surface area contributed by atoms with Gasteiger partial charge in [-0.1, -0.05) is 18.2 Å². The van der Waals surface area contributed by atoms with Crippen LogP contribution in [0.1, 0.15) is 38.2 Å². The minimum atomic E-state index is -0.218. The van der Waals surface area contributed by atoms with E-state index in [9.17, 15) is 9.18 Å². The van der Waals surface area contributed by atoms with Crippen LogP contribution in [0.15, 0.2) is 29.3 Å². The fourth-order valence-corrected chi connectivity index (χ4v) is 4.27. The Morgan fingerprint density at radius 3 is 2.47 bits per heavy atom. The van der Waals surface area contributed by atoms with Crippen molar-refractivity contribution in [3.63, 3.8) is 0 Å². The van der Waals surface area contributed by atoms with Crippen molar-refractivity contribution in [3.8, 4) is 0 Å². The minimum absolute atomic E-state index is 0. The molecule has 0 spiro atoms. The van der Waals surface area contributed by atoms with E-state index in [0.717, 1.165) is 56.8 Å². The highest BCUT2D eigenvalue weighted by molar-refractivity contribution is 14.0. The number of nitrogens with one attached hydrogen (secondary N) is 2. The van der Waals surface area contributed by atoms with E-state index < -0.39 is 0 Å². The fraction of sp³-hybridized carbons (Fsp3) is 0.652. The average molecular weight is 561 g/mol. The average Bonchev–Trinajstić information content (AvgIpc) is 2.79. The first-order valence-corrected chi connectivity index (χ1v) is 11.4. The summed E-state index contributed by atoms with van der Waals surface area (Å²) in [6, 6.07) is 7.34. The third-order valence-electron chi connectivity index (χ3n) is 6.20. The Morgan fingerprint density at radius 2 is 1.84 bits per heavy atom. The number of halogens is 2. The van der Waals surface area contributed by atoms with Gasteiger partial charge in [0, 0.05) is 44.8 Å². The second kappa shape index (κ2) is 13.8. The van der Waals surface area contributed by atoms with Crippen LogP contribution in [-0.4, -0.2) is 74.3 Å². The van der Waals surface area contributed by atoms with Gasteiger partial charge >= 0.3 is 6.09 Å². The summed E-state index contributed by atoms with van der Waals surface area (Å²) in [6.45, 7) is 7.18. The lowest BCUT2D eigenvalue weighted by molar-refractivity contribution is 0.0963. The summed E-state index contributed by atoms with van der Waals surface area (Å²) in [5, 5.41) is 6.96. The maximum Gasteiger partial charge on any atom is 0.409 e. The molecule has 2 heterocycles. The molecule has 2 fully saturated rings. The number of nitrogens with zero attached hydrogens (tertiary/aromatic N) is 3. The van der Waals surface area contributed by atoms with E-state index in [0.29, 0.717) is 38.2 Å². The number of hydrogen-bond donors (Lipinski definition) is 2. The first-order chi connectivity index (χ1) is 15.1. The van der Waals surface area contributed by atoms with E-state index in [1.165, 1.54) is 6.07 Å². The number of piperidine rings is 2. The molecule has 2 saturated heterocycles. The molecule has 0 aromatic heterocycles. The van der Waals surface area contributed by atoms with Gasteiger partial charge in [-0.2, -0.15) is 0 Å². The van der Waals surface area contributed by atoms with Crippen molar-refractivity contribution in [2.24, 2.45) is 10.9 Å². The van der Waals surface area contributed by atoms with E-state index in [1.807, 2.05) is 19.1 Å². The first kappa shape index (κ1) is 26.6. The Kier molecular flexibility index (Phi) is 11.5. The highest BCUT2D eigenvalue weighted by Gasteiger charge is 2.25. The largest absolute Gasteiger partial charge is 0.450 e. The van der Waals surface area contributed by atoms with Crippen LogP contribution in [0.2, 0.25) is 0 Å². The second-order valence-corrected chi connectivity index (χ2v) is 8.37. The summed E-state index contributed by atoms with van der Waals surface area (Å²) in [5.74, 6) is 1.29. The third kappa shape index (κ3) is 8.06. The van der Waals surface area contributed by atoms with Crippen LogP contribution in [0, 0.1) is 11.7 Å². The summed E-state index contributed by atoms with van der Waals surface area (Å²) in [5.41, 5.74) is 0.776. The van der Waals surface area contributed by atoms with Crippen LogP contribution in [0.5, 0.6) is 0 Å². The Labute approximate surface area is 208 Å². The molecule has 2 aliphatic heterocycles. The third-order valence-corrected chi connectivity index (χ3v) is 6.20. The van der Waals surface area contributed by atoms with Gasteiger partial charge in [-0.3, -0.25) is 9.89 Å². The number of ether oxygens (including phenoxy) is 1. The maximum atomic E-state index is 13.9. The number of likely N-dealkylation sites (tertiary alicyclic amines) is 2. The molecule has 0 unspecified atom stereocenters. The molecule has 7 nitrogen and oxygen atoms in total. The lowest BCUT2D eigenvalue weighted by Crippen LogP contribution is -2.50. The monoisotopic (exact) mass is 561 g/mol. The molecule has 0 atom stereocenters. The van der Waals surface area contributed by atoms with Crippen molar-refractivity contribution in [1.29, 1.82) is 0 Å². The molecular formula is C23H37FIN5O2. The van der Waals surface area contributed by atoms with Crippen LogP contribution in [-0.2, 0) is 11.3 Å². The summed E-state index contributed by atoms with van der Waals surface area (Å²) in [7, 11) is 1.79. The van der Waals surface area contributed by atoms with Gasteiger partial charge in [0.2, 0.25) is 0 Å². The van der Waals surface area contributed by atoms with Gasteiger partial charge in [-0.05, 0) is 57.7 Å². The number of rotatable bonds is 6. The van der Waals surface area contributed by atoms with Gasteiger partial charge in [0.05, 0.1) is 6.61 Å². The number of hydrogen-bond acceptors (Lipinski definition) is 4. The molecule has 0 saturated carbocycles. The number of guanidine groups is 1. The molecule has 9 heteroatoms. The van der Waals surface area contributed by atoms with Gasteiger partial charge in [0.25, 0.3) is 0 Å². The Bertz CT molecular complexity index is 735. The molecule has 2 N–H and O–H groups in total. The summed E-state index contributed by atoms with van der Waals surface area (Å²) in [4.78, 5) is 20.3. The van der Waals surface area contributed by atoms with E-state index >= 15 is 0 Å². The van der Waals surface area contributed by atoms with Crippen molar-refractivity contribution < 1.29 is 13.9 Å². The molecule has 0 radical (unpaired) electrons. The van der Waals surface area contributed by atoms with E-state index in [1.54, 1.807) is 18.0 Å². The van der Waals surface area contributed by atoms with Crippen LogP contribution >= 0.6 is 24.0 Å². The van der Waals surface area contributed by atoms with Crippen molar-refractivity contribution >= 4 is 36.0 Å². The molecule has 32 heavy (non-hydrogen) atoms. The van der Waals surface area contributed by atoms with Gasteiger partial charge in [0.1, 0.15) is 5.82 Å². The molecule has 0 bridgehead atoms. The maximum absolute atomic E-state index is 13.9. The normalized spacial score (nSPS) is 18.7. The number of carbonyl (C=O) groups is 1. The molecular weight excluding hydrogens is 524 g/mol. The number of benzene rings is 1. The van der Waals surface area contributed by atoms with Crippen molar-refractivity contribution in [1.82, 2.24) is 20.4 Å². The summed E-state index contributed by atoms with van der Waals surface area (Å²) >= 11 is 0. The molecule has 1 aromatic carbocycles. The topological polar surface area (TPSA) is 69.2 Å². The Morgan fingerprint density at radius 1 is 1.16 bits per heavy atom. The predicted octanol–water partition coefficient (Wildman–Crippen LogP) is 3.44. The zero-order valence-corrected chi connectivity index (χ0v) is 21.5. The number of aliphatic imine (C=N–C) groups is 1. The second-order valence-electron chi connectivity index (χ2n) is 8.37. The number of amides is 1. The highest BCUT2D eigenvalue weighted by Crippen LogP contribution is 2.19. The Hall–Kier alpha value is -1.62. The SMILES string of the molecule is CCOC(=O)N1CCC(NC(=NC)NCC2CCN(Cc3ccccc3F)CC2)CC1.I. The van der Waals surface area contributed by atoms with Gasteiger partial charge in [-0.25, -0.2) is 9.18 Å². The molecule has 2 aliphatic rings. The van der Waals surface area contributed by atoms with Crippen molar-refractivity contribution in [2.45, 2.75) is 45.2 Å². The summed E-state index contributed by atoms with van der Waals surface area (Å²) < 4.78 is 19.0. The highest BCUT2D eigenvalue weighted by atomic mass is 127. The Balaban J connectivity index is 0.00000363. The van der Waals surface area contributed by atoms with E-state index in [2.05, 4.69) is 20.5 Å². The van der Waals surface area contributed by atoms with Crippen LogP contribution in [0.3, 0.4) is 0 Å². The minimum Gasteiger partial charge on any atom is -0.450 e. The van der Waals surface area contributed by atoms with Gasteiger partial charge in [-0.15, -0.1) is 24.0 Å². The smallest absolute Gasteiger partial charge is 0.409 e. The van der Waals surface area contributed by atoms with Gasteiger partial charge < -0.3 is 20.3 Å². The van der Waals surface area contributed by atoms with E-state index in [-0.39, 0.29) is 35.9 Å².